The minimum Gasteiger partial charge on any atom is -0.408 e. The molecular weight excluding hydrogens is 320 g/mol. The molecule has 2 aromatic carbocycles. The summed E-state index contributed by atoms with van der Waals surface area (Å²) in [7, 11) is 0. The Morgan fingerprint density at radius 2 is 1.96 bits per heavy atom. The molecule has 0 radical (unpaired) electrons. The second kappa shape index (κ2) is 6.15. The monoisotopic (exact) mass is 333 g/mol. The molecule has 0 bridgehead atoms. The highest BCUT2D eigenvalue weighted by molar-refractivity contribution is 6.00. The summed E-state index contributed by atoms with van der Waals surface area (Å²) >= 11 is 0. The minimum absolute atomic E-state index is 0.154. The number of halogens is 2. The zero-order chi connectivity index (χ0) is 17.3. The molecule has 2 N–H and O–H groups in total. The minimum atomic E-state index is -0.883. The molecule has 3 aromatic rings. The SMILES string of the molecule is CCn1c(=O)oc2cc(NC(=O)Nc3ccc(F)cc3F)ccc21. The fraction of sp³-hybridized carbons (Fsp3) is 0.125. The fourth-order valence-electron chi connectivity index (χ4n) is 2.32. The molecule has 0 spiro atoms. The zero-order valence-corrected chi connectivity index (χ0v) is 12.6. The van der Waals surface area contributed by atoms with Crippen LogP contribution in [0.4, 0.5) is 25.0 Å². The number of carbonyl (C=O) groups is 1. The number of oxazole rings is 1. The van der Waals surface area contributed by atoms with E-state index in [2.05, 4.69) is 10.6 Å². The molecule has 0 fully saturated rings. The Balaban J connectivity index is 1.79. The Morgan fingerprint density at radius 3 is 2.67 bits per heavy atom. The summed E-state index contributed by atoms with van der Waals surface area (Å²) in [5.41, 5.74) is 1.14. The van der Waals surface area contributed by atoms with Crippen molar-refractivity contribution < 1.29 is 18.0 Å². The number of anilines is 2. The number of rotatable bonds is 3. The molecule has 124 valence electrons. The molecule has 0 aliphatic heterocycles. The third kappa shape index (κ3) is 2.98. The van der Waals surface area contributed by atoms with Gasteiger partial charge in [-0.3, -0.25) is 4.57 Å². The number of nitrogens with zero attached hydrogens (tertiary/aromatic N) is 1. The van der Waals surface area contributed by atoms with Gasteiger partial charge in [0.15, 0.2) is 5.58 Å². The zero-order valence-electron chi connectivity index (χ0n) is 12.6. The van der Waals surface area contributed by atoms with E-state index >= 15 is 0 Å². The van der Waals surface area contributed by atoms with Gasteiger partial charge in [-0.1, -0.05) is 0 Å². The van der Waals surface area contributed by atoms with Crippen LogP contribution in [0.25, 0.3) is 11.1 Å². The van der Waals surface area contributed by atoms with Crippen molar-refractivity contribution >= 4 is 28.5 Å². The lowest BCUT2D eigenvalue weighted by Crippen LogP contribution is -2.20. The van der Waals surface area contributed by atoms with Crippen molar-refractivity contribution in [3.05, 3.63) is 58.6 Å². The number of fused-ring (bicyclic) bond motifs is 1. The Bertz CT molecular complexity index is 978. The van der Waals surface area contributed by atoms with Gasteiger partial charge in [-0.15, -0.1) is 0 Å². The Kier molecular flexibility index (Phi) is 4.03. The molecular formula is C16H13F2N3O3. The van der Waals surface area contributed by atoms with Crippen molar-refractivity contribution in [1.82, 2.24) is 4.57 Å². The molecule has 0 aliphatic carbocycles. The molecule has 1 aromatic heterocycles. The third-order valence-corrected chi connectivity index (χ3v) is 3.42. The van der Waals surface area contributed by atoms with Gasteiger partial charge in [0.05, 0.1) is 11.2 Å². The van der Waals surface area contributed by atoms with Crippen molar-refractivity contribution in [3.63, 3.8) is 0 Å². The van der Waals surface area contributed by atoms with E-state index in [0.717, 1.165) is 12.1 Å². The molecule has 8 heteroatoms. The predicted octanol–water partition coefficient (Wildman–Crippen LogP) is 3.54. The Labute approximate surface area is 134 Å². The van der Waals surface area contributed by atoms with Gasteiger partial charge in [0, 0.05) is 24.4 Å². The summed E-state index contributed by atoms with van der Waals surface area (Å²) in [6.45, 7) is 2.27. The van der Waals surface area contributed by atoms with Gasteiger partial charge in [-0.25, -0.2) is 18.4 Å². The van der Waals surface area contributed by atoms with Crippen LogP contribution in [0.1, 0.15) is 6.92 Å². The van der Waals surface area contributed by atoms with E-state index in [9.17, 15) is 18.4 Å². The average molecular weight is 333 g/mol. The van der Waals surface area contributed by atoms with E-state index in [4.69, 9.17) is 4.42 Å². The molecule has 2 amide bonds. The van der Waals surface area contributed by atoms with Gasteiger partial charge in [0.25, 0.3) is 0 Å². The van der Waals surface area contributed by atoms with Crippen molar-refractivity contribution in [3.8, 4) is 0 Å². The van der Waals surface area contributed by atoms with Gasteiger partial charge < -0.3 is 15.1 Å². The van der Waals surface area contributed by atoms with Gasteiger partial charge in [-0.05, 0) is 31.2 Å². The van der Waals surface area contributed by atoms with Gasteiger partial charge in [-0.2, -0.15) is 0 Å². The van der Waals surface area contributed by atoms with Crippen LogP contribution >= 0.6 is 0 Å². The van der Waals surface area contributed by atoms with Crippen LogP contribution in [-0.2, 0) is 6.54 Å². The van der Waals surface area contributed by atoms with Gasteiger partial charge >= 0.3 is 11.8 Å². The van der Waals surface area contributed by atoms with Gasteiger partial charge in [0.1, 0.15) is 11.6 Å². The quantitative estimate of drug-likeness (QED) is 0.770. The number of hydrogen-bond donors (Lipinski definition) is 2. The Hall–Kier alpha value is -3.16. The molecule has 0 atom stereocenters. The van der Waals surface area contributed by atoms with Crippen molar-refractivity contribution in [2.45, 2.75) is 13.5 Å². The number of aromatic nitrogens is 1. The first-order valence-corrected chi connectivity index (χ1v) is 7.14. The number of amides is 2. The second-order valence-electron chi connectivity index (χ2n) is 5.00. The first kappa shape index (κ1) is 15.7. The third-order valence-electron chi connectivity index (χ3n) is 3.42. The number of benzene rings is 2. The summed E-state index contributed by atoms with van der Waals surface area (Å²) in [5, 5.41) is 4.76. The van der Waals surface area contributed by atoms with E-state index < -0.39 is 23.4 Å². The first-order valence-electron chi connectivity index (χ1n) is 7.14. The predicted molar refractivity (Wildman–Crippen MR) is 85.1 cm³/mol. The number of aryl methyl sites for hydroxylation is 1. The molecule has 0 unspecified atom stereocenters. The topological polar surface area (TPSA) is 76.3 Å². The number of nitrogens with one attached hydrogen (secondary N) is 2. The number of hydrogen-bond acceptors (Lipinski definition) is 3. The summed E-state index contributed by atoms with van der Waals surface area (Å²) in [4.78, 5) is 23.5. The van der Waals surface area contributed by atoms with E-state index in [1.54, 1.807) is 12.1 Å². The highest BCUT2D eigenvalue weighted by atomic mass is 19.1. The van der Waals surface area contributed by atoms with Crippen LogP contribution in [-0.4, -0.2) is 10.6 Å². The summed E-state index contributed by atoms with van der Waals surface area (Å²) in [5.74, 6) is -2.10. The van der Waals surface area contributed by atoms with E-state index in [-0.39, 0.29) is 5.69 Å². The summed E-state index contributed by atoms with van der Waals surface area (Å²) < 4.78 is 32.9. The maximum absolute atomic E-state index is 13.5. The van der Waals surface area contributed by atoms with Crippen LogP contribution in [0.5, 0.6) is 0 Å². The number of urea groups is 1. The molecule has 3 rings (SSSR count). The summed E-state index contributed by atoms with van der Waals surface area (Å²) in [6, 6.07) is 6.83. The maximum atomic E-state index is 13.5. The van der Waals surface area contributed by atoms with E-state index in [1.165, 1.54) is 10.6 Å². The van der Waals surface area contributed by atoms with Crippen LogP contribution in [0, 0.1) is 11.6 Å². The molecule has 0 aliphatic rings. The molecule has 0 saturated heterocycles. The van der Waals surface area contributed by atoms with Crippen LogP contribution in [0.3, 0.4) is 0 Å². The van der Waals surface area contributed by atoms with Crippen LogP contribution < -0.4 is 16.4 Å². The molecule has 1 heterocycles. The lowest BCUT2D eigenvalue weighted by Gasteiger charge is -2.08. The van der Waals surface area contributed by atoms with Gasteiger partial charge in [0.2, 0.25) is 0 Å². The molecule has 0 saturated carbocycles. The fourth-order valence-corrected chi connectivity index (χ4v) is 2.32. The van der Waals surface area contributed by atoms with E-state index in [1.807, 2.05) is 6.92 Å². The second-order valence-corrected chi connectivity index (χ2v) is 5.00. The standard InChI is InChI=1S/C16H13F2N3O3/c1-2-21-13-6-4-10(8-14(13)24-16(21)23)19-15(22)20-12-5-3-9(17)7-11(12)18/h3-8H,2H2,1H3,(H2,19,20,22). The lowest BCUT2D eigenvalue weighted by molar-refractivity contribution is 0.262. The van der Waals surface area contributed by atoms with Crippen molar-refractivity contribution in [2.24, 2.45) is 0 Å². The summed E-state index contributed by atoms with van der Waals surface area (Å²) in [6.07, 6.45) is 0. The van der Waals surface area contributed by atoms with Crippen molar-refractivity contribution in [2.75, 3.05) is 10.6 Å². The first-order chi connectivity index (χ1) is 11.5. The Morgan fingerprint density at radius 1 is 1.17 bits per heavy atom. The average Bonchev–Trinajstić information content (AvgIpc) is 2.84. The largest absolute Gasteiger partial charge is 0.419 e. The van der Waals surface area contributed by atoms with Crippen molar-refractivity contribution in [1.29, 1.82) is 0 Å². The highest BCUT2D eigenvalue weighted by Gasteiger charge is 2.11. The van der Waals surface area contributed by atoms with E-state index in [0.29, 0.717) is 29.4 Å². The van der Waals surface area contributed by atoms with Crippen LogP contribution in [0.2, 0.25) is 0 Å². The highest BCUT2D eigenvalue weighted by Crippen LogP contribution is 2.19. The number of carbonyl (C=O) groups excluding carboxylic acids is 1. The van der Waals surface area contributed by atoms with Crippen LogP contribution in [0.15, 0.2) is 45.6 Å². The molecule has 24 heavy (non-hydrogen) atoms. The molecule has 6 nitrogen and oxygen atoms in total. The smallest absolute Gasteiger partial charge is 0.408 e. The lowest BCUT2D eigenvalue weighted by atomic mass is 10.3. The normalized spacial score (nSPS) is 10.8. The maximum Gasteiger partial charge on any atom is 0.419 e.